The van der Waals surface area contributed by atoms with E-state index in [1.165, 1.54) is 0 Å². The third-order valence-electron chi connectivity index (χ3n) is 5.19. The lowest BCUT2D eigenvalue weighted by Crippen LogP contribution is -2.47. The van der Waals surface area contributed by atoms with E-state index in [0.717, 1.165) is 23.3 Å². The zero-order valence-electron chi connectivity index (χ0n) is 15.7. The van der Waals surface area contributed by atoms with Gasteiger partial charge in [-0.1, -0.05) is 6.07 Å². The highest BCUT2D eigenvalue weighted by molar-refractivity contribution is 6.08. The van der Waals surface area contributed by atoms with Crippen LogP contribution in [0.2, 0.25) is 0 Å². The second-order valence-electron chi connectivity index (χ2n) is 7.46. The molecule has 0 bridgehead atoms. The highest BCUT2D eigenvalue weighted by atomic mass is 16.7. The molecule has 0 spiro atoms. The van der Waals surface area contributed by atoms with E-state index in [9.17, 15) is 14.4 Å². The SMILES string of the molecule is C[C@]1(Cc2ccc3c(c2)OCO3)NC(=O)N(CC(=O)NC[C@H]2CCCO2)C1=O. The maximum absolute atomic E-state index is 12.9. The summed E-state index contributed by atoms with van der Waals surface area (Å²) < 4.78 is 16.1. The molecule has 0 radical (unpaired) electrons. The lowest BCUT2D eigenvalue weighted by atomic mass is 9.92. The highest BCUT2D eigenvalue weighted by Gasteiger charge is 2.48. The summed E-state index contributed by atoms with van der Waals surface area (Å²) in [5, 5.41) is 5.44. The molecule has 2 atom stereocenters. The molecule has 9 nitrogen and oxygen atoms in total. The number of imide groups is 1. The number of nitrogens with zero attached hydrogens (tertiary/aromatic N) is 1. The van der Waals surface area contributed by atoms with Crippen LogP contribution in [0, 0.1) is 0 Å². The molecule has 3 aliphatic rings. The number of carbonyl (C=O) groups excluding carboxylic acids is 3. The number of hydrogen-bond acceptors (Lipinski definition) is 6. The standard InChI is InChI=1S/C19H23N3O6/c1-19(8-12-4-5-14-15(7-12)28-11-27-14)17(24)22(18(25)21-19)10-16(23)20-9-13-3-2-6-26-13/h4-5,7,13H,2-3,6,8-11H2,1H3,(H,20,23)(H,21,25)/t13-,19-/m1/s1. The summed E-state index contributed by atoms with van der Waals surface area (Å²) >= 11 is 0. The summed E-state index contributed by atoms with van der Waals surface area (Å²) in [4.78, 5) is 38.3. The predicted molar refractivity (Wildman–Crippen MR) is 96.9 cm³/mol. The van der Waals surface area contributed by atoms with Crippen LogP contribution >= 0.6 is 0 Å². The summed E-state index contributed by atoms with van der Waals surface area (Å²) in [6, 6.07) is 4.83. The molecule has 2 saturated heterocycles. The average Bonchev–Trinajstić information content (AvgIpc) is 3.38. The average molecular weight is 389 g/mol. The van der Waals surface area contributed by atoms with Gasteiger partial charge in [-0.3, -0.25) is 14.5 Å². The number of rotatable bonds is 6. The Kier molecular flexibility index (Phi) is 4.84. The van der Waals surface area contributed by atoms with E-state index in [1.54, 1.807) is 19.1 Å². The van der Waals surface area contributed by atoms with Crippen molar-refractivity contribution in [2.24, 2.45) is 0 Å². The minimum Gasteiger partial charge on any atom is -0.454 e. The van der Waals surface area contributed by atoms with Gasteiger partial charge in [-0.25, -0.2) is 4.79 Å². The van der Waals surface area contributed by atoms with E-state index >= 15 is 0 Å². The molecule has 150 valence electrons. The third-order valence-corrected chi connectivity index (χ3v) is 5.19. The molecular formula is C19H23N3O6. The Morgan fingerprint density at radius 3 is 2.93 bits per heavy atom. The number of nitrogens with one attached hydrogen (secondary N) is 2. The van der Waals surface area contributed by atoms with E-state index in [2.05, 4.69) is 10.6 Å². The van der Waals surface area contributed by atoms with Crippen molar-refractivity contribution in [1.82, 2.24) is 15.5 Å². The number of carbonyl (C=O) groups is 3. The number of amides is 4. The summed E-state index contributed by atoms with van der Waals surface area (Å²) in [5.41, 5.74) is -0.301. The normalized spacial score (nSPS) is 25.9. The molecule has 0 aliphatic carbocycles. The van der Waals surface area contributed by atoms with Gasteiger partial charge in [0.2, 0.25) is 12.7 Å². The van der Waals surface area contributed by atoms with E-state index in [-0.39, 0.29) is 31.8 Å². The number of benzene rings is 1. The van der Waals surface area contributed by atoms with Gasteiger partial charge in [-0.05, 0) is 37.5 Å². The Hall–Kier alpha value is -2.81. The largest absolute Gasteiger partial charge is 0.454 e. The Morgan fingerprint density at radius 2 is 2.14 bits per heavy atom. The van der Waals surface area contributed by atoms with Crippen LogP contribution in [0.15, 0.2) is 18.2 Å². The topological polar surface area (TPSA) is 106 Å². The molecule has 4 rings (SSSR count). The van der Waals surface area contributed by atoms with Gasteiger partial charge in [0.1, 0.15) is 12.1 Å². The Labute approximate surface area is 162 Å². The van der Waals surface area contributed by atoms with Gasteiger partial charge in [0.05, 0.1) is 6.10 Å². The van der Waals surface area contributed by atoms with Gasteiger partial charge in [0, 0.05) is 19.6 Å². The molecular weight excluding hydrogens is 366 g/mol. The van der Waals surface area contributed by atoms with Crippen molar-refractivity contribution in [3.63, 3.8) is 0 Å². The maximum atomic E-state index is 12.9. The number of ether oxygens (including phenoxy) is 3. The third kappa shape index (κ3) is 3.62. The Balaban J connectivity index is 1.37. The van der Waals surface area contributed by atoms with Gasteiger partial charge in [0.15, 0.2) is 11.5 Å². The van der Waals surface area contributed by atoms with Crippen molar-refractivity contribution in [1.29, 1.82) is 0 Å². The molecule has 2 N–H and O–H groups in total. The van der Waals surface area contributed by atoms with Crippen molar-refractivity contribution < 1.29 is 28.6 Å². The van der Waals surface area contributed by atoms with Gasteiger partial charge < -0.3 is 24.8 Å². The lowest BCUT2D eigenvalue weighted by Gasteiger charge is -2.22. The number of hydrogen-bond donors (Lipinski definition) is 2. The van der Waals surface area contributed by atoms with Crippen LogP contribution < -0.4 is 20.1 Å². The number of fused-ring (bicyclic) bond motifs is 1. The first-order valence-corrected chi connectivity index (χ1v) is 9.35. The minimum atomic E-state index is -1.13. The first kappa shape index (κ1) is 18.5. The monoisotopic (exact) mass is 389 g/mol. The van der Waals surface area contributed by atoms with Crippen LogP contribution in [0.25, 0.3) is 0 Å². The predicted octanol–water partition coefficient (Wildman–Crippen LogP) is 0.563. The molecule has 1 aromatic rings. The molecule has 0 saturated carbocycles. The zero-order valence-corrected chi connectivity index (χ0v) is 15.7. The van der Waals surface area contributed by atoms with Crippen LogP contribution in [0.4, 0.5) is 4.79 Å². The molecule has 4 amide bonds. The van der Waals surface area contributed by atoms with E-state index in [4.69, 9.17) is 14.2 Å². The summed E-state index contributed by atoms with van der Waals surface area (Å²) in [6.07, 6.45) is 2.16. The van der Waals surface area contributed by atoms with E-state index < -0.39 is 17.5 Å². The fraction of sp³-hybridized carbons (Fsp3) is 0.526. The molecule has 28 heavy (non-hydrogen) atoms. The van der Waals surface area contributed by atoms with Crippen LogP contribution in [-0.4, -0.2) is 60.9 Å². The Morgan fingerprint density at radius 1 is 1.32 bits per heavy atom. The highest BCUT2D eigenvalue weighted by Crippen LogP contribution is 2.34. The molecule has 0 unspecified atom stereocenters. The molecule has 9 heteroatoms. The maximum Gasteiger partial charge on any atom is 0.325 e. The second kappa shape index (κ2) is 7.31. The first-order chi connectivity index (χ1) is 13.4. The fourth-order valence-corrected chi connectivity index (χ4v) is 3.70. The van der Waals surface area contributed by atoms with E-state index in [1.807, 2.05) is 6.07 Å². The van der Waals surface area contributed by atoms with Crippen LogP contribution in [-0.2, 0) is 20.7 Å². The van der Waals surface area contributed by atoms with Crippen LogP contribution in [0.3, 0.4) is 0 Å². The summed E-state index contributed by atoms with van der Waals surface area (Å²) in [6.45, 7) is 2.60. The van der Waals surface area contributed by atoms with Gasteiger partial charge >= 0.3 is 6.03 Å². The Bertz CT molecular complexity index is 807. The first-order valence-electron chi connectivity index (χ1n) is 9.35. The van der Waals surface area contributed by atoms with Crippen molar-refractivity contribution >= 4 is 17.8 Å². The van der Waals surface area contributed by atoms with Crippen molar-refractivity contribution in [3.8, 4) is 11.5 Å². The van der Waals surface area contributed by atoms with Crippen LogP contribution in [0.1, 0.15) is 25.3 Å². The van der Waals surface area contributed by atoms with Gasteiger partial charge in [-0.15, -0.1) is 0 Å². The molecule has 3 heterocycles. The summed E-state index contributed by atoms with van der Waals surface area (Å²) in [7, 11) is 0. The molecule has 2 fully saturated rings. The fourth-order valence-electron chi connectivity index (χ4n) is 3.70. The van der Waals surface area contributed by atoms with Crippen molar-refractivity contribution in [3.05, 3.63) is 23.8 Å². The van der Waals surface area contributed by atoms with Gasteiger partial charge in [-0.2, -0.15) is 0 Å². The second-order valence-corrected chi connectivity index (χ2v) is 7.46. The van der Waals surface area contributed by atoms with Gasteiger partial charge in [0.25, 0.3) is 5.91 Å². The quantitative estimate of drug-likeness (QED) is 0.689. The summed E-state index contributed by atoms with van der Waals surface area (Å²) in [5.74, 6) is 0.456. The lowest BCUT2D eigenvalue weighted by molar-refractivity contribution is -0.134. The number of urea groups is 1. The van der Waals surface area contributed by atoms with E-state index in [0.29, 0.717) is 24.7 Å². The minimum absolute atomic E-state index is 0.00308. The molecule has 0 aromatic heterocycles. The zero-order chi connectivity index (χ0) is 19.7. The molecule has 1 aromatic carbocycles. The van der Waals surface area contributed by atoms with Crippen molar-refractivity contribution in [2.45, 2.75) is 37.8 Å². The van der Waals surface area contributed by atoms with Crippen molar-refractivity contribution in [2.75, 3.05) is 26.5 Å². The van der Waals surface area contributed by atoms with Crippen LogP contribution in [0.5, 0.6) is 11.5 Å². The molecule has 3 aliphatic heterocycles. The smallest absolute Gasteiger partial charge is 0.325 e.